The molecule has 3 rings (SSSR count). The molecule has 1 saturated heterocycles. The standard InChI is InChI=1S/C15H21NO3/c1-11(19-13-4-6-16-7-5-13)12-2-3-14-15(10-12)18-9-8-17-14/h2-3,10-11,13,16H,4-9H2,1H3. The predicted molar refractivity (Wildman–Crippen MR) is 72.8 cm³/mol. The molecule has 1 aromatic carbocycles. The van der Waals surface area contributed by atoms with Crippen LogP contribution in [-0.2, 0) is 4.74 Å². The van der Waals surface area contributed by atoms with Crippen LogP contribution in [0.5, 0.6) is 11.5 Å². The van der Waals surface area contributed by atoms with E-state index in [0.717, 1.165) is 43.0 Å². The van der Waals surface area contributed by atoms with E-state index in [1.807, 2.05) is 12.1 Å². The number of piperidine rings is 1. The van der Waals surface area contributed by atoms with Crippen molar-refractivity contribution in [2.75, 3.05) is 26.3 Å². The van der Waals surface area contributed by atoms with Gasteiger partial charge >= 0.3 is 0 Å². The van der Waals surface area contributed by atoms with Crippen molar-refractivity contribution in [3.8, 4) is 11.5 Å². The van der Waals surface area contributed by atoms with Crippen molar-refractivity contribution in [1.82, 2.24) is 5.32 Å². The van der Waals surface area contributed by atoms with E-state index >= 15 is 0 Å². The Kier molecular flexibility index (Phi) is 3.89. The SMILES string of the molecule is CC(OC1CCNCC1)c1ccc2c(c1)OCCO2. The molecule has 0 amide bonds. The Morgan fingerprint density at radius 1 is 1.16 bits per heavy atom. The molecule has 0 bridgehead atoms. The van der Waals surface area contributed by atoms with Crippen molar-refractivity contribution in [2.24, 2.45) is 0 Å². The molecule has 0 aromatic heterocycles. The van der Waals surface area contributed by atoms with Crippen LogP contribution in [0.4, 0.5) is 0 Å². The molecule has 4 heteroatoms. The van der Waals surface area contributed by atoms with Crippen molar-refractivity contribution in [3.05, 3.63) is 23.8 Å². The highest BCUT2D eigenvalue weighted by molar-refractivity contribution is 5.44. The fraction of sp³-hybridized carbons (Fsp3) is 0.600. The van der Waals surface area contributed by atoms with Crippen LogP contribution >= 0.6 is 0 Å². The molecule has 2 aliphatic heterocycles. The molecule has 4 nitrogen and oxygen atoms in total. The zero-order valence-corrected chi connectivity index (χ0v) is 11.4. The van der Waals surface area contributed by atoms with Crippen LogP contribution in [0, 0.1) is 0 Å². The molecule has 1 aromatic rings. The number of hydrogen-bond acceptors (Lipinski definition) is 4. The van der Waals surface area contributed by atoms with Gasteiger partial charge in [-0.3, -0.25) is 0 Å². The molecule has 1 unspecified atom stereocenters. The van der Waals surface area contributed by atoms with Gasteiger partial charge in [0.15, 0.2) is 11.5 Å². The van der Waals surface area contributed by atoms with Gasteiger partial charge in [0.2, 0.25) is 0 Å². The Morgan fingerprint density at radius 2 is 1.89 bits per heavy atom. The van der Waals surface area contributed by atoms with Gasteiger partial charge in [-0.15, -0.1) is 0 Å². The average Bonchev–Trinajstić information content (AvgIpc) is 2.48. The summed E-state index contributed by atoms with van der Waals surface area (Å²) in [6, 6.07) is 6.09. The Balaban J connectivity index is 1.67. The van der Waals surface area contributed by atoms with Gasteiger partial charge in [-0.05, 0) is 50.6 Å². The minimum absolute atomic E-state index is 0.0962. The largest absolute Gasteiger partial charge is 0.486 e. The van der Waals surface area contributed by atoms with Crippen molar-refractivity contribution >= 4 is 0 Å². The quantitative estimate of drug-likeness (QED) is 0.908. The second kappa shape index (κ2) is 5.80. The minimum Gasteiger partial charge on any atom is -0.486 e. The van der Waals surface area contributed by atoms with E-state index in [1.54, 1.807) is 0 Å². The van der Waals surface area contributed by atoms with Crippen LogP contribution < -0.4 is 14.8 Å². The summed E-state index contributed by atoms with van der Waals surface area (Å²) < 4.78 is 17.3. The molecule has 2 heterocycles. The number of hydrogen-bond donors (Lipinski definition) is 1. The second-order valence-corrected chi connectivity index (χ2v) is 5.13. The molecular formula is C15H21NO3. The summed E-state index contributed by atoms with van der Waals surface area (Å²) in [6.45, 7) is 5.47. The average molecular weight is 263 g/mol. The lowest BCUT2D eigenvalue weighted by Gasteiger charge is -2.27. The first-order valence-corrected chi connectivity index (χ1v) is 7.08. The molecule has 1 fully saturated rings. The number of benzene rings is 1. The topological polar surface area (TPSA) is 39.7 Å². The Bertz CT molecular complexity index is 429. The van der Waals surface area contributed by atoms with Gasteiger partial charge in [0.05, 0.1) is 12.2 Å². The first-order chi connectivity index (χ1) is 9.33. The molecule has 0 saturated carbocycles. The monoisotopic (exact) mass is 263 g/mol. The van der Waals surface area contributed by atoms with Gasteiger partial charge in [-0.1, -0.05) is 6.07 Å². The van der Waals surface area contributed by atoms with Crippen LogP contribution in [-0.4, -0.2) is 32.4 Å². The van der Waals surface area contributed by atoms with E-state index in [9.17, 15) is 0 Å². The van der Waals surface area contributed by atoms with Crippen LogP contribution in [0.25, 0.3) is 0 Å². The molecule has 0 spiro atoms. The van der Waals surface area contributed by atoms with Crippen molar-refractivity contribution in [2.45, 2.75) is 32.0 Å². The summed E-state index contributed by atoms with van der Waals surface area (Å²) in [5, 5.41) is 3.35. The summed E-state index contributed by atoms with van der Waals surface area (Å²) in [7, 11) is 0. The fourth-order valence-corrected chi connectivity index (χ4v) is 2.61. The van der Waals surface area contributed by atoms with Crippen molar-refractivity contribution in [3.63, 3.8) is 0 Å². The van der Waals surface area contributed by atoms with Crippen molar-refractivity contribution < 1.29 is 14.2 Å². The van der Waals surface area contributed by atoms with Gasteiger partial charge in [0.1, 0.15) is 13.2 Å². The molecule has 1 N–H and O–H groups in total. The maximum absolute atomic E-state index is 6.13. The Morgan fingerprint density at radius 3 is 2.68 bits per heavy atom. The molecule has 2 aliphatic rings. The van der Waals surface area contributed by atoms with Gasteiger partial charge in [-0.2, -0.15) is 0 Å². The van der Waals surface area contributed by atoms with E-state index in [2.05, 4.69) is 18.3 Å². The minimum atomic E-state index is 0.0962. The predicted octanol–water partition coefficient (Wildman–Crippen LogP) is 2.29. The van der Waals surface area contributed by atoms with Crippen LogP contribution in [0.1, 0.15) is 31.4 Å². The summed E-state index contributed by atoms with van der Waals surface area (Å²) in [6.07, 6.45) is 2.65. The maximum atomic E-state index is 6.13. The van der Waals surface area contributed by atoms with Crippen molar-refractivity contribution in [1.29, 1.82) is 0 Å². The molecule has 19 heavy (non-hydrogen) atoms. The van der Waals surface area contributed by atoms with Crippen LogP contribution in [0.15, 0.2) is 18.2 Å². The van der Waals surface area contributed by atoms with Crippen LogP contribution in [0.2, 0.25) is 0 Å². The van der Waals surface area contributed by atoms with E-state index in [-0.39, 0.29) is 6.10 Å². The Hall–Kier alpha value is -1.26. The second-order valence-electron chi connectivity index (χ2n) is 5.13. The summed E-state index contributed by atoms with van der Waals surface area (Å²) in [5.74, 6) is 1.67. The number of nitrogens with one attached hydrogen (secondary N) is 1. The summed E-state index contributed by atoms with van der Waals surface area (Å²) >= 11 is 0. The van der Waals surface area contributed by atoms with E-state index in [1.165, 1.54) is 0 Å². The number of fused-ring (bicyclic) bond motifs is 1. The van der Waals surface area contributed by atoms with Gasteiger partial charge in [0.25, 0.3) is 0 Å². The molecule has 104 valence electrons. The zero-order chi connectivity index (χ0) is 13.1. The highest BCUT2D eigenvalue weighted by Crippen LogP contribution is 2.34. The third-order valence-corrected chi connectivity index (χ3v) is 3.72. The molecule has 0 aliphatic carbocycles. The highest BCUT2D eigenvalue weighted by atomic mass is 16.6. The molecular weight excluding hydrogens is 242 g/mol. The zero-order valence-electron chi connectivity index (χ0n) is 11.4. The van der Waals surface area contributed by atoms with E-state index in [0.29, 0.717) is 19.3 Å². The summed E-state index contributed by atoms with van der Waals surface area (Å²) in [4.78, 5) is 0. The Labute approximate surface area is 114 Å². The summed E-state index contributed by atoms with van der Waals surface area (Å²) in [5.41, 5.74) is 1.16. The smallest absolute Gasteiger partial charge is 0.161 e. The first kappa shape index (κ1) is 12.8. The molecule has 0 radical (unpaired) electrons. The highest BCUT2D eigenvalue weighted by Gasteiger charge is 2.19. The molecule has 1 atom stereocenters. The number of ether oxygens (including phenoxy) is 3. The van der Waals surface area contributed by atoms with Gasteiger partial charge in [0, 0.05) is 0 Å². The maximum Gasteiger partial charge on any atom is 0.161 e. The van der Waals surface area contributed by atoms with Gasteiger partial charge in [-0.25, -0.2) is 0 Å². The number of rotatable bonds is 3. The van der Waals surface area contributed by atoms with Crippen LogP contribution in [0.3, 0.4) is 0 Å². The fourth-order valence-electron chi connectivity index (χ4n) is 2.61. The van der Waals surface area contributed by atoms with E-state index in [4.69, 9.17) is 14.2 Å². The first-order valence-electron chi connectivity index (χ1n) is 7.08. The lowest BCUT2D eigenvalue weighted by Crippen LogP contribution is -2.33. The normalized spacial score (nSPS) is 21.1. The van der Waals surface area contributed by atoms with Gasteiger partial charge < -0.3 is 19.5 Å². The third-order valence-electron chi connectivity index (χ3n) is 3.72. The lowest BCUT2D eigenvalue weighted by atomic mass is 10.1. The lowest BCUT2D eigenvalue weighted by molar-refractivity contribution is -0.0188. The van der Waals surface area contributed by atoms with E-state index < -0.39 is 0 Å². The third kappa shape index (κ3) is 3.01.